The lowest BCUT2D eigenvalue weighted by Crippen LogP contribution is -2.61. The fraction of sp³-hybridized carbons (Fsp3) is 0.819. The molecular formula is C83H159N21O16. The lowest BCUT2D eigenvalue weighted by Gasteiger charge is -2.29. The molecule has 0 aromatic rings. The normalized spacial score (nSPS) is 15.1. The first-order chi connectivity index (χ1) is 56.5. The van der Waals surface area contributed by atoms with Gasteiger partial charge >= 0.3 is 5.97 Å². The molecule has 0 radical (unpaired) electrons. The van der Waals surface area contributed by atoms with E-state index in [1.165, 1.54) is 0 Å². The number of unbranched alkanes of at least 4 members (excludes halogenated alkanes) is 6. The average molecular weight is 1710 g/mol. The SMILES string of the molecule is CC(C)C[C@H](NC(=O)[C@H](CC(C)C)NC(=O)[C@H](CCCCN)NC(=O)[C@H](CCCCN)NC(=O)[C@H](CC(C)C)NC(=O)[C@H](CCC(=O)O)NC(=O)[C@H](CCCCN)NC(=O)[C@H](CCCCN)NC(=O)[C@H](CC(C)C)NC(=O)[C@H](CC(C)C)NC(=O)[C@H](CCCCN)NC(=O)[C@H](CCCCN)NC(=O)[C@H](CC(C)C)NC(=O)[C@@H](N)CC(C)C)C(N)=O. The van der Waals surface area contributed by atoms with Crippen molar-refractivity contribution in [1.29, 1.82) is 0 Å². The Hall–Kier alpha value is -8.23. The quantitative estimate of drug-likeness (QED) is 0.0358. The van der Waals surface area contributed by atoms with E-state index >= 15 is 0 Å². The minimum Gasteiger partial charge on any atom is -0.481 e. The molecule has 0 rings (SSSR count). The van der Waals surface area contributed by atoms with E-state index < -0.39 is 186 Å². The molecule has 0 aromatic carbocycles. The van der Waals surface area contributed by atoms with E-state index in [-0.39, 0.29) is 164 Å². The second kappa shape index (κ2) is 62.8. The molecule has 37 heteroatoms. The standard InChI is InChI=1S/C83H159N21O16/c1-48(2)41-55(90)71(108)100-64(43-50(5)6)79(116)95-57(28-16-22-36-85)73(110)94-61(32-20-26-40-89)77(114)102-68(47-54(13)14)83(120)104-66(45-52(9)10)81(118)97-58(29-17-23-37-86)72(109)92-56(27-15-21-35-84)75(112)98-62(33-34-69(105)106)78(115)103-65(44-51(7)8)80(117)96-59(30-18-24-38-87)74(111)93-60(31-19-25-39-88)76(113)101-67(46-53(11)12)82(119)99-63(70(91)107)42-49(3)4/h48-68H,15-47,84-90H2,1-14H3,(H2,91,107)(H,92,109)(H,93,111)(H,94,110)(H,95,116)(H,96,117)(H,97,118)(H,98,112)(H,99,119)(H,100,108)(H,101,113)(H,102,114)(H,103,115)(H,104,120)(H,105,106)/t55-,56-,57-,58-,59-,60-,61-,62-,63-,64-,65-,66-,67-,68-/m0/s1. The van der Waals surface area contributed by atoms with Crippen molar-refractivity contribution >= 4 is 88.7 Å². The molecule has 0 bridgehead atoms. The number of nitrogens with one attached hydrogen (secondary N) is 13. The first kappa shape index (κ1) is 112. The molecule has 37 nitrogen and oxygen atoms in total. The molecule has 692 valence electrons. The molecule has 0 aliphatic heterocycles. The first-order valence-corrected chi connectivity index (χ1v) is 43.9. The Morgan fingerprint density at radius 2 is 0.367 bits per heavy atom. The van der Waals surface area contributed by atoms with Crippen LogP contribution in [0.4, 0.5) is 0 Å². The Kier molecular flexibility index (Phi) is 58.5. The van der Waals surface area contributed by atoms with E-state index in [1.54, 1.807) is 27.7 Å². The lowest BCUT2D eigenvalue weighted by molar-refractivity contribution is -0.139. The van der Waals surface area contributed by atoms with Crippen molar-refractivity contribution in [2.75, 3.05) is 39.3 Å². The number of primary amides is 1. The topological polar surface area (TPSA) is 641 Å². The molecular weight excluding hydrogens is 1550 g/mol. The number of carboxylic acids is 1. The summed E-state index contributed by atoms with van der Waals surface area (Å²) >= 11 is 0. The van der Waals surface area contributed by atoms with Gasteiger partial charge in [-0.25, -0.2) is 0 Å². The highest BCUT2D eigenvalue weighted by atomic mass is 16.4. The van der Waals surface area contributed by atoms with Crippen LogP contribution in [0.25, 0.3) is 0 Å². The van der Waals surface area contributed by atoms with E-state index in [0.29, 0.717) is 77.2 Å². The van der Waals surface area contributed by atoms with Crippen LogP contribution in [0.2, 0.25) is 0 Å². The fourth-order valence-electron chi connectivity index (χ4n) is 13.5. The third-order valence-electron chi connectivity index (χ3n) is 19.9. The number of hydrogen-bond acceptors (Lipinski definition) is 22. The van der Waals surface area contributed by atoms with E-state index in [1.807, 2.05) is 69.2 Å². The fourth-order valence-corrected chi connectivity index (χ4v) is 13.5. The summed E-state index contributed by atoms with van der Waals surface area (Å²) in [5.74, 6) is -13.0. The number of hydrogen-bond donors (Lipinski definition) is 22. The van der Waals surface area contributed by atoms with Gasteiger partial charge in [0.15, 0.2) is 0 Å². The average Bonchev–Trinajstić information content (AvgIpc) is 0.857. The molecule has 14 atom stereocenters. The summed E-state index contributed by atoms with van der Waals surface area (Å²) in [6.07, 6.45) is 4.56. The summed E-state index contributed by atoms with van der Waals surface area (Å²) in [6, 6.07) is -17.7. The van der Waals surface area contributed by atoms with Crippen molar-refractivity contribution in [3.05, 3.63) is 0 Å². The van der Waals surface area contributed by atoms with Crippen LogP contribution in [-0.4, -0.2) is 218 Å². The Bertz CT molecular complexity index is 3110. The van der Waals surface area contributed by atoms with Crippen LogP contribution in [0.5, 0.6) is 0 Å². The highest BCUT2D eigenvalue weighted by Crippen LogP contribution is 2.18. The van der Waals surface area contributed by atoms with Crippen LogP contribution < -0.4 is 115 Å². The van der Waals surface area contributed by atoms with Gasteiger partial charge in [0.25, 0.3) is 0 Å². The molecule has 120 heavy (non-hydrogen) atoms. The summed E-state index contributed by atoms with van der Waals surface area (Å²) in [6.45, 7) is 27.1. The number of rotatable bonds is 68. The third-order valence-corrected chi connectivity index (χ3v) is 19.9. The van der Waals surface area contributed by atoms with Crippen molar-refractivity contribution < 1.29 is 77.0 Å². The third kappa shape index (κ3) is 49.0. The zero-order valence-corrected chi connectivity index (χ0v) is 74.6. The predicted octanol–water partition coefficient (Wildman–Crippen LogP) is 0.0629. The van der Waals surface area contributed by atoms with Crippen molar-refractivity contribution in [1.82, 2.24) is 69.1 Å². The predicted molar refractivity (Wildman–Crippen MR) is 463 cm³/mol. The number of nitrogens with two attached hydrogens (primary N) is 8. The van der Waals surface area contributed by atoms with Crippen molar-refractivity contribution in [2.45, 2.75) is 355 Å². The molecule has 14 amide bonds. The molecule has 0 heterocycles. The van der Waals surface area contributed by atoms with Gasteiger partial charge < -0.3 is 120 Å². The summed E-state index contributed by atoms with van der Waals surface area (Å²) < 4.78 is 0. The van der Waals surface area contributed by atoms with Gasteiger partial charge in [0, 0.05) is 6.42 Å². The van der Waals surface area contributed by atoms with Crippen molar-refractivity contribution in [3.8, 4) is 0 Å². The highest BCUT2D eigenvalue weighted by Gasteiger charge is 2.39. The Morgan fingerprint density at radius 1 is 0.217 bits per heavy atom. The first-order valence-electron chi connectivity index (χ1n) is 43.9. The summed E-state index contributed by atoms with van der Waals surface area (Å²) in [5, 5.41) is 45.7. The van der Waals surface area contributed by atoms with E-state index in [4.69, 9.17) is 45.9 Å². The summed E-state index contributed by atoms with van der Waals surface area (Å²) in [7, 11) is 0. The van der Waals surface area contributed by atoms with Gasteiger partial charge in [-0.3, -0.25) is 71.9 Å². The van der Waals surface area contributed by atoms with Gasteiger partial charge in [0.1, 0.15) is 78.5 Å². The lowest BCUT2D eigenvalue weighted by atomic mass is 9.98. The molecule has 0 unspecified atom stereocenters. The van der Waals surface area contributed by atoms with Gasteiger partial charge in [0.2, 0.25) is 82.7 Å². The molecule has 0 saturated heterocycles. The monoisotopic (exact) mass is 1710 g/mol. The smallest absolute Gasteiger partial charge is 0.303 e. The minimum atomic E-state index is -1.66. The van der Waals surface area contributed by atoms with Crippen molar-refractivity contribution in [3.63, 3.8) is 0 Å². The maximum atomic E-state index is 14.8. The maximum absolute atomic E-state index is 14.8. The molecule has 0 saturated carbocycles. The zero-order chi connectivity index (χ0) is 91.3. The molecule has 30 N–H and O–H groups in total. The van der Waals surface area contributed by atoms with E-state index in [2.05, 4.69) is 69.1 Å². The molecule has 0 aliphatic carbocycles. The highest BCUT2D eigenvalue weighted by molar-refractivity contribution is 6.00. The summed E-state index contributed by atoms with van der Waals surface area (Å²) in [5.41, 5.74) is 47.1. The largest absolute Gasteiger partial charge is 0.481 e. The minimum absolute atomic E-state index is 0.00607. The number of aliphatic carboxylic acids is 1. The Balaban J connectivity index is 7.47. The van der Waals surface area contributed by atoms with Crippen LogP contribution in [-0.2, 0) is 71.9 Å². The van der Waals surface area contributed by atoms with Gasteiger partial charge in [-0.2, -0.15) is 0 Å². The molecule has 0 aliphatic rings. The molecule has 0 aromatic heterocycles. The zero-order valence-electron chi connectivity index (χ0n) is 74.6. The van der Waals surface area contributed by atoms with Gasteiger partial charge in [0.05, 0.1) is 6.04 Å². The number of carbonyl (C=O) groups excluding carboxylic acids is 14. The number of carboxylic acid groups (broad SMARTS) is 1. The Morgan fingerprint density at radius 3 is 0.533 bits per heavy atom. The second-order valence-electron chi connectivity index (χ2n) is 34.9. The van der Waals surface area contributed by atoms with Crippen LogP contribution in [0.1, 0.15) is 270 Å². The van der Waals surface area contributed by atoms with Crippen LogP contribution in [0.3, 0.4) is 0 Å². The van der Waals surface area contributed by atoms with Crippen LogP contribution in [0, 0.1) is 41.4 Å². The van der Waals surface area contributed by atoms with Gasteiger partial charge in [-0.1, -0.05) is 96.9 Å². The number of amides is 14. The van der Waals surface area contributed by atoms with Gasteiger partial charge in [-0.05, 0) is 248 Å². The maximum Gasteiger partial charge on any atom is 0.303 e. The van der Waals surface area contributed by atoms with E-state index in [0.717, 1.165) is 0 Å². The van der Waals surface area contributed by atoms with Crippen LogP contribution >= 0.6 is 0 Å². The molecule has 0 spiro atoms. The van der Waals surface area contributed by atoms with Crippen LogP contribution in [0.15, 0.2) is 0 Å². The number of carbonyl (C=O) groups is 15. The summed E-state index contributed by atoms with van der Waals surface area (Å²) in [4.78, 5) is 212. The molecule has 0 fully saturated rings. The van der Waals surface area contributed by atoms with Gasteiger partial charge in [-0.15, -0.1) is 0 Å². The van der Waals surface area contributed by atoms with Crippen molar-refractivity contribution in [2.24, 2.45) is 87.3 Å². The van der Waals surface area contributed by atoms with E-state index in [9.17, 15) is 77.0 Å². The second-order valence-corrected chi connectivity index (χ2v) is 34.9. The Labute approximate surface area is 713 Å².